The van der Waals surface area contributed by atoms with E-state index >= 15 is 0 Å². The van der Waals surface area contributed by atoms with Gasteiger partial charge in [0.15, 0.2) is 17.5 Å². The van der Waals surface area contributed by atoms with Crippen LogP contribution in [-0.2, 0) is 4.74 Å². The SMILES string of the molecule is COCC(CBr)NC(=O)c1ccc(F)c(F)c1F. The number of hydrogen-bond donors (Lipinski definition) is 1. The highest BCUT2D eigenvalue weighted by molar-refractivity contribution is 9.09. The average Bonchev–Trinajstić information content (AvgIpc) is 2.35. The molecule has 1 aromatic rings. The molecule has 1 atom stereocenters. The van der Waals surface area contributed by atoms with Crippen LogP contribution in [0.15, 0.2) is 12.1 Å². The number of nitrogens with one attached hydrogen (secondary N) is 1. The van der Waals surface area contributed by atoms with E-state index in [4.69, 9.17) is 4.74 Å². The number of methoxy groups -OCH3 is 1. The highest BCUT2D eigenvalue weighted by Crippen LogP contribution is 2.15. The topological polar surface area (TPSA) is 38.3 Å². The molecule has 0 fully saturated rings. The minimum Gasteiger partial charge on any atom is -0.383 e. The number of hydrogen-bond acceptors (Lipinski definition) is 2. The lowest BCUT2D eigenvalue weighted by Crippen LogP contribution is -2.39. The van der Waals surface area contributed by atoms with E-state index in [9.17, 15) is 18.0 Å². The predicted octanol–water partition coefficient (Wildman–Crippen LogP) is 2.24. The van der Waals surface area contributed by atoms with Gasteiger partial charge in [0.1, 0.15) is 0 Å². The molecular formula is C11H11BrF3NO2. The molecule has 7 heteroatoms. The molecule has 0 aromatic heterocycles. The third-order valence-electron chi connectivity index (χ3n) is 2.17. The van der Waals surface area contributed by atoms with Crippen LogP contribution in [0.2, 0.25) is 0 Å². The van der Waals surface area contributed by atoms with Crippen molar-refractivity contribution in [2.45, 2.75) is 6.04 Å². The van der Waals surface area contributed by atoms with Gasteiger partial charge in [-0.3, -0.25) is 4.79 Å². The summed E-state index contributed by atoms with van der Waals surface area (Å²) in [4.78, 5) is 11.7. The number of amides is 1. The molecule has 0 saturated carbocycles. The lowest BCUT2D eigenvalue weighted by molar-refractivity contribution is 0.0902. The van der Waals surface area contributed by atoms with Gasteiger partial charge in [-0.25, -0.2) is 13.2 Å². The van der Waals surface area contributed by atoms with Gasteiger partial charge >= 0.3 is 0 Å². The van der Waals surface area contributed by atoms with Gasteiger partial charge in [0.2, 0.25) is 0 Å². The fraction of sp³-hybridized carbons (Fsp3) is 0.364. The van der Waals surface area contributed by atoms with Gasteiger partial charge in [0.05, 0.1) is 18.2 Å². The molecule has 1 N–H and O–H groups in total. The molecule has 0 aliphatic rings. The molecule has 0 aliphatic heterocycles. The van der Waals surface area contributed by atoms with Crippen molar-refractivity contribution in [3.05, 3.63) is 35.1 Å². The van der Waals surface area contributed by atoms with Crippen LogP contribution in [0.5, 0.6) is 0 Å². The normalized spacial score (nSPS) is 12.3. The summed E-state index contributed by atoms with van der Waals surface area (Å²) in [5.41, 5.74) is -0.545. The van der Waals surface area contributed by atoms with Crippen molar-refractivity contribution < 1.29 is 22.7 Å². The first-order valence-corrected chi connectivity index (χ1v) is 6.12. The Hall–Kier alpha value is -1.08. The lowest BCUT2D eigenvalue weighted by atomic mass is 10.1. The Morgan fingerprint density at radius 2 is 2.06 bits per heavy atom. The smallest absolute Gasteiger partial charge is 0.254 e. The molecule has 3 nitrogen and oxygen atoms in total. The summed E-state index contributed by atoms with van der Waals surface area (Å²) in [5.74, 6) is -5.33. The molecule has 1 amide bonds. The summed E-state index contributed by atoms with van der Waals surface area (Å²) in [6, 6.07) is 1.20. The van der Waals surface area contributed by atoms with Crippen LogP contribution in [0.3, 0.4) is 0 Å². The predicted molar refractivity (Wildman–Crippen MR) is 63.2 cm³/mol. The zero-order chi connectivity index (χ0) is 13.7. The molecule has 0 bridgehead atoms. The Bertz CT molecular complexity index is 443. The molecule has 1 unspecified atom stereocenters. The third kappa shape index (κ3) is 3.46. The van der Waals surface area contributed by atoms with Crippen LogP contribution < -0.4 is 5.32 Å². The van der Waals surface area contributed by atoms with Gasteiger partial charge in [-0.1, -0.05) is 15.9 Å². The summed E-state index contributed by atoms with van der Waals surface area (Å²) >= 11 is 3.14. The monoisotopic (exact) mass is 325 g/mol. The van der Waals surface area contributed by atoms with E-state index in [1.807, 2.05) is 0 Å². The van der Waals surface area contributed by atoms with Crippen molar-refractivity contribution in [3.63, 3.8) is 0 Å². The van der Waals surface area contributed by atoms with E-state index in [0.29, 0.717) is 11.4 Å². The third-order valence-corrected chi connectivity index (χ3v) is 2.95. The Balaban J connectivity index is 2.87. The number of carbonyl (C=O) groups excluding carboxylic acids is 1. The van der Waals surface area contributed by atoms with Crippen molar-refractivity contribution in [2.75, 3.05) is 19.0 Å². The molecule has 0 spiro atoms. The van der Waals surface area contributed by atoms with E-state index in [-0.39, 0.29) is 6.61 Å². The molecule has 18 heavy (non-hydrogen) atoms. The average molecular weight is 326 g/mol. The van der Waals surface area contributed by atoms with Crippen LogP contribution in [0.4, 0.5) is 13.2 Å². The summed E-state index contributed by atoms with van der Waals surface area (Å²) in [5, 5.41) is 2.82. The second kappa shape index (κ2) is 6.75. The minimum absolute atomic E-state index is 0.211. The highest BCUT2D eigenvalue weighted by Gasteiger charge is 2.20. The molecular weight excluding hydrogens is 315 g/mol. The van der Waals surface area contributed by atoms with Crippen LogP contribution in [0.25, 0.3) is 0 Å². The Kier molecular flexibility index (Phi) is 5.61. The molecule has 1 rings (SSSR count). The summed E-state index contributed by atoms with van der Waals surface area (Å²) in [6.07, 6.45) is 0. The van der Waals surface area contributed by atoms with Crippen LogP contribution in [0.1, 0.15) is 10.4 Å². The maximum absolute atomic E-state index is 13.3. The van der Waals surface area contributed by atoms with E-state index in [0.717, 1.165) is 6.07 Å². The number of ether oxygens (including phenoxy) is 1. The van der Waals surface area contributed by atoms with Crippen molar-refractivity contribution in [1.29, 1.82) is 0 Å². The first kappa shape index (κ1) is 15.0. The van der Waals surface area contributed by atoms with Gasteiger partial charge < -0.3 is 10.1 Å². The van der Waals surface area contributed by atoms with E-state index in [1.54, 1.807) is 0 Å². The van der Waals surface area contributed by atoms with Gasteiger partial charge in [-0.15, -0.1) is 0 Å². The highest BCUT2D eigenvalue weighted by atomic mass is 79.9. The summed E-state index contributed by atoms with van der Waals surface area (Å²) in [7, 11) is 1.44. The standard InChI is InChI=1S/C11H11BrF3NO2/c1-18-5-6(4-12)16-11(17)7-2-3-8(13)10(15)9(7)14/h2-3,6H,4-5H2,1H3,(H,16,17). The van der Waals surface area contributed by atoms with Gasteiger partial charge in [0, 0.05) is 12.4 Å². The van der Waals surface area contributed by atoms with Crippen LogP contribution in [0, 0.1) is 17.5 Å². The molecule has 0 saturated heterocycles. The molecule has 1 aromatic carbocycles. The number of carbonyl (C=O) groups is 1. The second-order valence-corrected chi connectivity index (χ2v) is 4.15. The molecule has 100 valence electrons. The summed E-state index contributed by atoms with van der Waals surface area (Å²) in [6.45, 7) is 0.211. The van der Waals surface area contributed by atoms with E-state index in [1.165, 1.54) is 7.11 Å². The van der Waals surface area contributed by atoms with Crippen molar-refractivity contribution in [2.24, 2.45) is 0 Å². The Morgan fingerprint density at radius 1 is 1.39 bits per heavy atom. The minimum atomic E-state index is -1.66. The first-order valence-electron chi connectivity index (χ1n) is 5.00. The zero-order valence-electron chi connectivity index (χ0n) is 9.47. The molecule has 0 heterocycles. The number of rotatable bonds is 5. The number of alkyl halides is 1. The first-order chi connectivity index (χ1) is 8.51. The molecule has 0 aliphatic carbocycles. The zero-order valence-corrected chi connectivity index (χ0v) is 11.1. The van der Waals surface area contributed by atoms with E-state index < -0.39 is 35.0 Å². The quantitative estimate of drug-likeness (QED) is 0.666. The second-order valence-electron chi connectivity index (χ2n) is 3.50. The fourth-order valence-electron chi connectivity index (χ4n) is 1.29. The van der Waals surface area contributed by atoms with Crippen molar-refractivity contribution in [3.8, 4) is 0 Å². The Labute approximate surface area is 110 Å². The maximum atomic E-state index is 13.3. The van der Waals surface area contributed by atoms with Crippen LogP contribution >= 0.6 is 15.9 Å². The molecule has 0 radical (unpaired) electrons. The Morgan fingerprint density at radius 3 is 2.61 bits per heavy atom. The fourth-order valence-corrected chi connectivity index (χ4v) is 1.64. The number of benzene rings is 1. The largest absolute Gasteiger partial charge is 0.383 e. The van der Waals surface area contributed by atoms with E-state index in [2.05, 4.69) is 21.2 Å². The lowest BCUT2D eigenvalue weighted by Gasteiger charge is -2.15. The summed E-state index contributed by atoms with van der Waals surface area (Å²) < 4.78 is 43.8. The van der Waals surface area contributed by atoms with Crippen LogP contribution in [-0.4, -0.2) is 31.0 Å². The number of halogens is 4. The maximum Gasteiger partial charge on any atom is 0.254 e. The van der Waals surface area contributed by atoms with Gasteiger partial charge in [0.25, 0.3) is 5.91 Å². The van der Waals surface area contributed by atoms with Crippen molar-refractivity contribution in [1.82, 2.24) is 5.32 Å². The van der Waals surface area contributed by atoms with Gasteiger partial charge in [-0.05, 0) is 12.1 Å². The van der Waals surface area contributed by atoms with Gasteiger partial charge in [-0.2, -0.15) is 0 Å². The van der Waals surface area contributed by atoms with Crippen molar-refractivity contribution >= 4 is 21.8 Å².